The fourth-order valence-corrected chi connectivity index (χ4v) is 6.02. The minimum absolute atomic E-state index is 0.0467. The molecule has 2 aliphatic rings. The Labute approximate surface area is 224 Å². The van der Waals surface area contributed by atoms with Gasteiger partial charge >= 0.3 is 0 Å². The first-order valence-corrected chi connectivity index (χ1v) is 13.9. The number of carbonyl (C=O) groups excluding carboxylic acids is 1. The Bertz CT molecular complexity index is 1550. The van der Waals surface area contributed by atoms with Crippen LogP contribution in [0.25, 0.3) is 6.08 Å². The molecule has 37 heavy (non-hydrogen) atoms. The SMILES string of the molecule is Cc1ccc(OCCOc2ccccc2/C=C2/SC(=S)N(NC3=NS(=O)(=O)c4ccccc43)C2=O)cc1. The lowest BCUT2D eigenvalue weighted by molar-refractivity contribution is -0.123. The molecule has 1 amide bonds. The molecule has 5 rings (SSSR count). The number of hydrogen-bond donors (Lipinski definition) is 1. The molecule has 1 N–H and O–H groups in total. The van der Waals surface area contributed by atoms with Crippen molar-refractivity contribution in [2.24, 2.45) is 4.40 Å². The van der Waals surface area contributed by atoms with Gasteiger partial charge < -0.3 is 9.47 Å². The van der Waals surface area contributed by atoms with Crippen molar-refractivity contribution in [1.82, 2.24) is 10.4 Å². The third-order valence-electron chi connectivity index (χ3n) is 5.48. The molecule has 0 radical (unpaired) electrons. The Hall–Kier alpha value is -3.67. The molecule has 11 heteroatoms. The van der Waals surface area contributed by atoms with Crippen LogP contribution in [0.15, 0.2) is 87.0 Å². The van der Waals surface area contributed by atoms with Crippen LogP contribution in [0.4, 0.5) is 0 Å². The molecular formula is C26H21N3O5S3. The van der Waals surface area contributed by atoms with Gasteiger partial charge in [0.15, 0.2) is 10.2 Å². The molecule has 188 valence electrons. The van der Waals surface area contributed by atoms with Crippen molar-refractivity contribution in [2.75, 3.05) is 13.2 Å². The fourth-order valence-electron chi connectivity index (χ4n) is 3.67. The highest BCUT2D eigenvalue weighted by molar-refractivity contribution is 8.26. The first kappa shape index (κ1) is 25.0. The summed E-state index contributed by atoms with van der Waals surface area (Å²) < 4.78 is 40.3. The second kappa shape index (κ2) is 10.4. The quantitative estimate of drug-likeness (QED) is 0.264. The van der Waals surface area contributed by atoms with Crippen molar-refractivity contribution in [2.45, 2.75) is 11.8 Å². The van der Waals surface area contributed by atoms with Gasteiger partial charge in [-0.3, -0.25) is 10.2 Å². The third kappa shape index (κ3) is 5.38. The van der Waals surface area contributed by atoms with E-state index in [1.165, 1.54) is 6.07 Å². The van der Waals surface area contributed by atoms with E-state index in [4.69, 9.17) is 21.7 Å². The van der Waals surface area contributed by atoms with Gasteiger partial charge in [-0.25, -0.2) is 0 Å². The number of hydrazine groups is 1. The van der Waals surface area contributed by atoms with E-state index >= 15 is 0 Å². The third-order valence-corrected chi connectivity index (χ3v) is 8.12. The van der Waals surface area contributed by atoms with E-state index in [1.807, 2.05) is 55.5 Å². The lowest BCUT2D eigenvalue weighted by atomic mass is 10.2. The predicted octanol–water partition coefficient (Wildman–Crippen LogP) is 4.31. The minimum Gasteiger partial charge on any atom is -0.490 e. The second-order valence-corrected chi connectivity index (χ2v) is 11.3. The summed E-state index contributed by atoms with van der Waals surface area (Å²) in [5.74, 6) is 0.983. The van der Waals surface area contributed by atoms with E-state index in [-0.39, 0.29) is 15.1 Å². The number of carbonyl (C=O) groups is 1. The summed E-state index contributed by atoms with van der Waals surface area (Å²) in [6, 6.07) is 21.5. The van der Waals surface area contributed by atoms with Crippen LogP contribution in [0, 0.1) is 6.92 Å². The van der Waals surface area contributed by atoms with Crippen molar-refractivity contribution < 1.29 is 22.7 Å². The predicted molar refractivity (Wildman–Crippen MR) is 147 cm³/mol. The Kier molecular flexibility index (Phi) is 7.00. The first-order chi connectivity index (χ1) is 17.8. The summed E-state index contributed by atoms with van der Waals surface area (Å²) in [5.41, 5.74) is 5.02. The van der Waals surface area contributed by atoms with Gasteiger partial charge in [0, 0.05) is 11.1 Å². The Morgan fingerprint density at radius 1 is 1.00 bits per heavy atom. The number of amidine groups is 1. The van der Waals surface area contributed by atoms with E-state index < -0.39 is 15.9 Å². The molecule has 0 spiro atoms. The summed E-state index contributed by atoms with van der Waals surface area (Å²) in [6.07, 6.45) is 1.69. The molecule has 2 heterocycles. The van der Waals surface area contributed by atoms with E-state index in [0.717, 1.165) is 28.1 Å². The zero-order valence-corrected chi connectivity index (χ0v) is 22.0. The molecule has 2 aliphatic heterocycles. The highest BCUT2D eigenvalue weighted by atomic mass is 32.2. The average Bonchev–Trinajstić information content (AvgIpc) is 3.30. The van der Waals surface area contributed by atoms with Crippen LogP contribution in [0.5, 0.6) is 11.5 Å². The van der Waals surface area contributed by atoms with E-state index in [9.17, 15) is 13.2 Å². The van der Waals surface area contributed by atoms with Crippen molar-refractivity contribution >= 4 is 56.1 Å². The summed E-state index contributed by atoms with van der Waals surface area (Å²) in [6.45, 7) is 2.69. The molecule has 3 aromatic rings. The zero-order valence-electron chi connectivity index (χ0n) is 19.6. The second-order valence-electron chi connectivity index (χ2n) is 8.09. The van der Waals surface area contributed by atoms with Crippen LogP contribution in [0.2, 0.25) is 0 Å². The number of amides is 1. The van der Waals surface area contributed by atoms with E-state index in [1.54, 1.807) is 24.3 Å². The van der Waals surface area contributed by atoms with Gasteiger partial charge in [0.25, 0.3) is 15.9 Å². The number of para-hydroxylation sites is 1. The number of fused-ring (bicyclic) bond motifs is 1. The molecule has 0 saturated carbocycles. The van der Waals surface area contributed by atoms with Crippen molar-refractivity contribution in [3.8, 4) is 11.5 Å². The Balaban J connectivity index is 1.27. The number of rotatable bonds is 7. The minimum atomic E-state index is -3.83. The van der Waals surface area contributed by atoms with Gasteiger partial charge in [0.1, 0.15) is 29.6 Å². The molecule has 1 fully saturated rings. The summed E-state index contributed by atoms with van der Waals surface area (Å²) in [7, 11) is -3.83. The fraction of sp³-hybridized carbons (Fsp3) is 0.115. The largest absolute Gasteiger partial charge is 0.490 e. The summed E-state index contributed by atoms with van der Waals surface area (Å²) in [4.78, 5) is 13.6. The van der Waals surface area contributed by atoms with Gasteiger partial charge in [-0.05, 0) is 55.5 Å². The molecule has 0 aliphatic carbocycles. The number of nitrogens with one attached hydrogen (secondary N) is 1. The van der Waals surface area contributed by atoms with Gasteiger partial charge in [0.05, 0.1) is 4.91 Å². The van der Waals surface area contributed by atoms with Crippen LogP contribution < -0.4 is 14.9 Å². The Morgan fingerprint density at radius 3 is 2.51 bits per heavy atom. The standard InChI is InChI=1S/C26H21N3O5S3/c1-17-10-12-19(13-11-17)33-14-15-34-21-8-4-2-6-18(21)16-22-25(30)29(26(35)36-22)27-24-20-7-3-5-9-23(20)37(31,32)28-24/h2-13,16H,14-15H2,1H3,(H,27,28)/b22-16+. The monoisotopic (exact) mass is 551 g/mol. The first-order valence-electron chi connectivity index (χ1n) is 11.2. The topological polar surface area (TPSA) is 97.3 Å². The summed E-state index contributed by atoms with van der Waals surface area (Å²) >= 11 is 6.49. The maximum atomic E-state index is 13.2. The average molecular weight is 552 g/mol. The molecule has 0 atom stereocenters. The molecule has 8 nitrogen and oxygen atoms in total. The number of thiocarbonyl (C=S) groups is 1. The molecule has 0 bridgehead atoms. The number of ether oxygens (including phenoxy) is 2. The van der Waals surface area contributed by atoms with Gasteiger partial charge in [-0.2, -0.15) is 13.4 Å². The molecule has 3 aromatic carbocycles. The van der Waals surface area contributed by atoms with Gasteiger partial charge in [0.2, 0.25) is 0 Å². The normalized spacial score (nSPS) is 17.1. The summed E-state index contributed by atoms with van der Waals surface area (Å²) in [5, 5.41) is 1.13. The van der Waals surface area contributed by atoms with Gasteiger partial charge in [-0.15, -0.1) is 4.40 Å². The Morgan fingerprint density at radius 2 is 1.70 bits per heavy atom. The molecule has 1 saturated heterocycles. The van der Waals surface area contributed by atoms with Crippen LogP contribution in [0.3, 0.4) is 0 Å². The highest BCUT2D eigenvalue weighted by Gasteiger charge is 2.36. The maximum absolute atomic E-state index is 13.2. The van der Waals surface area contributed by atoms with E-state index in [0.29, 0.717) is 35.0 Å². The number of nitrogens with zero attached hydrogens (tertiary/aromatic N) is 2. The van der Waals surface area contributed by atoms with Crippen LogP contribution >= 0.6 is 24.0 Å². The van der Waals surface area contributed by atoms with E-state index in [2.05, 4.69) is 9.82 Å². The number of sulfonamides is 1. The molecule has 0 aromatic heterocycles. The molecular weight excluding hydrogens is 531 g/mol. The van der Waals surface area contributed by atoms with Crippen molar-refractivity contribution in [3.63, 3.8) is 0 Å². The lowest BCUT2D eigenvalue weighted by Gasteiger charge is -2.16. The molecule has 0 unspecified atom stereocenters. The van der Waals surface area contributed by atoms with Crippen LogP contribution in [0.1, 0.15) is 16.7 Å². The lowest BCUT2D eigenvalue weighted by Crippen LogP contribution is -2.44. The zero-order chi connectivity index (χ0) is 26.0. The van der Waals surface area contributed by atoms with Gasteiger partial charge in [-0.1, -0.05) is 59.8 Å². The number of thioether (sulfide) groups is 1. The van der Waals surface area contributed by atoms with Crippen molar-refractivity contribution in [3.05, 3.63) is 94.4 Å². The number of aryl methyl sites for hydroxylation is 1. The van der Waals surface area contributed by atoms with Crippen LogP contribution in [-0.4, -0.2) is 42.7 Å². The highest BCUT2D eigenvalue weighted by Crippen LogP contribution is 2.34. The smallest absolute Gasteiger partial charge is 0.285 e. The number of hydrogen-bond acceptors (Lipinski definition) is 8. The van der Waals surface area contributed by atoms with Crippen molar-refractivity contribution in [1.29, 1.82) is 0 Å². The van der Waals surface area contributed by atoms with Crippen LogP contribution in [-0.2, 0) is 14.8 Å². The number of benzene rings is 3. The maximum Gasteiger partial charge on any atom is 0.285 e.